The third kappa shape index (κ3) is 4.36. The first-order chi connectivity index (χ1) is 12.1. The van der Waals surface area contributed by atoms with Crippen LogP contribution in [0, 0.1) is 17.2 Å². The van der Waals surface area contributed by atoms with Gasteiger partial charge in [0.2, 0.25) is 5.91 Å². The molecule has 0 spiro atoms. The van der Waals surface area contributed by atoms with E-state index in [-0.39, 0.29) is 12.1 Å². The van der Waals surface area contributed by atoms with E-state index in [2.05, 4.69) is 5.32 Å². The molecule has 1 atom stereocenters. The molecule has 0 saturated heterocycles. The molecule has 0 radical (unpaired) electrons. The van der Waals surface area contributed by atoms with Gasteiger partial charge in [0.05, 0.1) is 20.3 Å². The molecular weight excluding hydrogens is 320 g/mol. The maximum absolute atomic E-state index is 12.5. The first-order valence-corrected chi connectivity index (χ1v) is 7.58. The van der Waals surface area contributed by atoms with Crippen LogP contribution in [0.2, 0.25) is 0 Å². The molecule has 6 nitrogen and oxygen atoms in total. The van der Waals surface area contributed by atoms with Crippen LogP contribution in [0.15, 0.2) is 48.5 Å². The molecule has 0 aliphatic rings. The van der Waals surface area contributed by atoms with Crippen molar-refractivity contribution in [3.8, 4) is 17.6 Å². The number of nitrogens with one attached hydrogen (secondary N) is 1. The fraction of sp³-hybridized carbons (Fsp3) is 0.211. The lowest BCUT2D eigenvalue weighted by Crippen LogP contribution is -2.34. The average Bonchev–Trinajstić information content (AvgIpc) is 2.67. The minimum Gasteiger partial charge on any atom is -0.493 e. The Morgan fingerprint density at radius 1 is 1.08 bits per heavy atom. The Bertz CT molecular complexity index is 797. The first-order valence-electron chi connectivity index (χ1n) is 7.58. The maximum Gasteiger partial charge on any atom is 0.245 e. The van der Waals surface area contributed by atoms with Gasteiger partial charge in [-0.3, -0.25) is 9.59 Å². The van der Waals surface area contributed by atoms with Crippen molar-refractivity contribution in [1.29, 1.82) is 5.26 Å². The van der Waals surface area contributed by atoms with E-state index < -0.39 is 17.6 Å². The van der Waals surface area contributed by atoms with Gasteiger partial charge < -0.3 is 14.8 Å². The van der Waals surface area contributed by atoms with Gasteiger partial charge in [0.15, 0.2) is 23.2 Å². The molecule has 2 aromatic carbocycles. The topological polar surface area (TPSA) is 88.4 Å². The molecule has 128 valence electrons. The van der Waals surface area contributed by atoms with Crippen molar-refractivity contribution in [2.45, 2.75) is 6.54 Å². The van der Waals surface area contributed by atoms with Gasteiger partial charge in [-0.25, -0.2) is 0 Å². The van der Waals surface area contributed by atoms with E-state index >= 15 is 0 Å². The van der Waals surface area contributed by atoms with Crippen LogP contribution < -0.4 is 14.8 Å². The Morgan fingerprint density at radius 2 is 1.76 bits per heavy atom. The molecule has 0 bridgehead atoms. The molecule has 2 aromatic rings. The summed E-state index contributed by atoms with van der Waals surface area (Å²) in [6.07, 6.45) is 0. The van der Waals surface area contributed by atoms with E-state index in [0.29, 0.717) is 11.5 Å². The third-order valence-corrected chi connectivity index (χ3v) is 3.63. The second kappa shape index (κ2) is 8.50. The fourth-order valence-electron chi connectivity index (χ4n) is 2.28. The van der Waals surface area contributed by atoms with Gasteiger partial charge >= 0.3 is 0 Å². The lowest BCUT2D eigenvalue weighted by atomic mass is 9.97. The van der Waals surface area contributed by atoms with Crippen LogP contribution in [0.4, 0.5) is 0 Å². The van der Waals surface area contributed by atoms with Gasteiger partial charge in [0, 0.05) is 12.1 Å². The van der Waals surface area contributed by atoms with E-state index in [1.165, 1.54) is 26.4 Å². The highest BCUT2D eigenvalue weighted by atomic mass is 16.5. The molecule has 0 unspecified atom stereocenters. The van der Waals surface area contributed by atoms with Crippen LogP contribution in [0.1, 0.15) is 15.9 Å². The zero-order valence-electron chi connectivity index (χ0n) is 14.0. The second-order valence-corrected chi connectivity index (χ2v) is 5.20. The summed E-state index contributed by atoms with van der Waals surface area (Å²) in [7, 11) is 2.93. The fourth-order valence-corrected chi connectivity index (χ4v) is 2.28. The van der Waals surface area contributed by atoms with Gasteiger partial charge in [0.25, 0.3) is 0 Å². The van der Waals surface area contributed by atoms with E-state index in [0.717, 1.165) is 5.56 Å². The van der Waals surface area contributed by atoms with Crippen LogP contribution in [-0.2, 0) is 11.3 Å². The number of nitrogens with zero attached hydrogens (tertiary/aromatic N) is 1. The van der Waals surface area contributed by atoms with Gasteiger partial charge in [-0.2, -0.15) is 5.26 Å². The van der Waals surface area contributed by atoms with E-state index in [4.69, 9.17) is 9.47 Å². The molecule has 2 rings (SSSR count). The number of carbonyl (C=O) groups is 2. The zero-order valence-corrected chi connectivity index (χ0v) is 14.0. The van der Waals surface area contributed by atoms with E-state index in [9.17, 15) is 14.9 Å². The molecule has 1 amide bonds. The Morgan fingerprint density at radius 3 is 2.36 bits per heavy atom. The summed E-state index contributed by atoms with van der Waals surface area (Å²) in [5.41, 5.74) is 1.09. The molecule has 0 fully saturated rings. The molecular formula is C19H18N2O4. The SMILES string of the molecule is COc1ccc(C(=O)[C@H](C#N)C(=O)NCc2ccccc2)cc1OC. The van der Waals surface area contributed by atoms with Crippen LogP contribution in [0.3, 0.4) is 0 Å². The monoisotopic (exact) mass is 338 g/mol. The molecule has 0 saturated carbocycles. The Hall–Kier alpha value is -3.33. The Kier molecular flexibility index (Phi) is 6.13. The minimum absolute atomic E-state index is 0.207. The number of benzene rings is 2. The molecule has 0 aromatic heterocycles. The lowest BCUT2D eigenvalue weighted by molar-refractivity contribution is -0.122. The highest BCUT2D eigenvalue weighted by molar-refractivity contribution is 6.12. The number of nitriles is 1. The highest BCUT2D eigenvalue weighted by Gasteiger charge is 2.28. The van der Waals surface area contributed by atoms with Crippen LogP contribution in [0.5, 0.6) is 11.5 Å². The summed E-state index contributed by atoms with van der Waals surface area (Å²) in [4.78, 5) is 24.7. The highest BCUT2D eigenvalue weighted by Crippen LogP contribution is 2.28. The summed E-state index contributed by atoms with van der Waals surface area (Å²) in [6.45, 7) is 0.247. The molecule has 1 N–H and O–H groups in total. The van der Waals surface area contributed by atoms with Gasteiger partial charge in [-0.1, -0.05) is 30.3 Å². The molecule has 0 aliphatic carbocycles. The number of ether oxygens (including phenoxy) is 2. The normalized spacial score (nSPS) is 11.1. The van der Waals surface area contributed by atoms with Crippen molar-refractivity contribution in [3.63, 3.8) is 0 Å². The van der Waals surface area contributed by atoms with Gasteiger partial charge in [0.1, 0.15) is 0 Å². The maximum atomic E-state index is 12.5. The number of methoxy groups -OCH3 is 2. The smallest absolute Gasteiger partial charge is 0.245 e. The summed E-state index contributed by atoms with van der Waals surface area (Å²) in [6, 6.07) is 15.5. The standard InChI is InChI=1S/C19H18N2O4/c1-24-16-9-8-14(10-17(16)25-2)18(22)15(11-20)19(23)21-12-13-6-4-3-5-7-13/h3-10,15H,12H2,1-2H3,(H,21,23)/t15-/m0/s1. The summed E-state index contributed by atoms with van der Waals surface area (Å²) in [5, 5.41) is 11.9. The number of rotatable bonds is 7. The van der Waals surface area contributed by atoms with Crippen LogP contribution in [0.25, 0.3) is 0 Å². The van der Waals surface area contributed by atoms with E-state index in [1.807, 2.05) is 30.3 Å². The number of carbonyl (C=O) groups excluding carboxylic acids is 2. The first kappa shape index (κ1) is 18.0. The van der Waals surface area contributed by atoms with Crippen molar-refractivity contribution in [1.82, 2.24) is 5.32 Å². The van der Waals surface area contributed by atoms with Crippen molar-refractivity contribution < 1.29 is 19.1 Å². The van der Waals surface area contributed by atoms with Crippen molar-refractivity contribution in [2.75, 3.05) is 14.2 Å². The quantitative estimate of drug-likeness (QED) is 0.618. The summed E-state index contributed by atoms with van der Waals surface area (Å²) in [5.74, 6) is -1.84. The number of hydrogen-bond donors (Lipinski definition) is 1. The third-order valence-electron chi connectivity index (χ3n) is 3.63. The number of amides is 1. The van der Waals surface area contributed by atoms with Crippen molar-refractivity contribution in [2.24, 2.45) is 5.92 Å². The Balaban J connectivity index is 2.12. The summed E-state index contributed by atoms with van der Waals surface area (Å²) >= 11 is 0. The molecule has 0 heterocycles. The predicted octanol–water partition coefficient (Wildman–Crippen LogP) is 2.34. The number of hydrogen-bond acceptors (Lipinski definition) is 5. The second-order valence-electron chi connectivity index (χ2n) is 5.20. The Labute approximate surface area is 146 Å². The van der Waals surface area contributed by atoms with Gasteiger partial charge in [-0.05, 0) is 23.8 Å². The predicted molar refractivity (Wildman–Crippen MR) is 91.3 cm³/mol. The van der Waals surface area contributed by atoms with Crippen LogP contribution in [-0.4, -0.2) is 25.9 Å². The van der Waals surface area contributed by atoms with Crippen LogP contribution >= 0.6 is 0 Å². The molecule has 25 heavy (non-hydrogen) atoms. The minimum atomic E-state index is -1.43. The van der Waals surface area contributed by atoms with Gasteiger partial charge in [-0.15, -0.1) is 0 Å². The van der Waals surface area contributed by atoms with Crippen molar-refractivity contribution >= 4 is 11.7 Å². The average molecular weight is 338 g/mol. The largest absolute Gasteiger partial charge is 0.493 e. The summed E-state index contributed by atoms with van der Waals surface area (Å²) < 4.78 is 10.3. The lowest BCUT2D eigenvalue weighted by Gasteiger charge is -2.12. The number of Topliss-reactive ketones (excluding diaryl/α,β-unsaturated/α-hetero) is 1. The van der Waals surface area contributed by atoms with E-state index in [1.54, 1.807) is 12.1 Å². The zero-order chi connectivity index (χ0) is 18.2. The number of ketones is 1. The molecule has 0 aliphatic heterocycles. The van der Waals surface area contributed by atoms with Crippen molar-refractivity contribution in [3.05, 3.63) is 59.7 Å². The molecule has 6 heteroatoms.